The van der Waals surface area contributed by atoms with E-state index in [4.69, 9.17) is 7.74 Å². The number of hydrogen-bond acceptors (Lipinski definition) is 6. The van der Waals surface area contributed by atoms with Gasteiger partial charge in [0.25, 0.3) is 20.2 Å². The van der Waals surface area contributed by atoms with Gasteiger partial charge in [-0.3, -0.25) is 0 Å². The molecule has 0 saturated heterocycles. The largest absolute Gasteiger partial charge is 0.307 e. The summed E-state index contributed by atoms with van der Waals surface area (Å²) in [4.78, 5) is 0. The van der Waals surface area contributed by atoms with E-state index in [-0.39, 0.29) is 0 Å². The Labute approximate surface area is 214 Å². The zero-order chi connectivity index (χ0) is 25.9. The van der Waals surface area contributed by atoms with Gasteiger partial charge < -0.3 is 7.74 Å². The van der Waals surface area contributed by atoms with Crippen molar-refractivity contribution < 1.29 is 24.6 Å². The Morgan fingerprint density at radius 3 is 0.778 bits per heavy atom. The quantitative estimate of drug-likeness (QED) is 0.292. The molecule has 0 saturated carbocycles. The molecule has 10 heteroatoms. The molecule has 0 radical (unpaired) electrons. The standard InChI is InChI=1S/C26H26O6S2Si2/c1-33(27,28)31-35(23-15-7-3-8-16-23,24-17-9-4-10-18-24)36(32-34(2,29)30,25-19-11-5-12-20-25)26-21-13-6-14-22-26/h3-22H,1-2H3. The van der Waals surface area contributed by atoms with Gasteiger partial charge >= 0.3 is 15.7 Å². The predicted molar refractivity (Wildman–Crippen MR) is 148 cm³/mol. The lowest BCUT2D eigenvalue weighted by atomic mass is 10.4. The van der Waals surface area contributed by atoms with E-state index in [1.54, 1.807) is 97.1 Å². The maximum absolute atomic E-state index is 13.1. The molecule has 0 unspecified atom stereocenters. The lowest BCUT2D eigenvalue weighted by Crippen LogP contribution is -2.88. The predicted octanol–water partition coefficient (Wildman–Crippen LogP) is 1.54. The highest BCUT2D eigenvalue weighted by Gasteiger charge is 2.68. The fourth-order valence-corrected chi connectivity index (χ4v) is 27.4. The van der Waals surface area contributed by atoms with Crippen LogP contribution in [0, 0.1) is 0 Å². The molecule has 4 rings (SSSR count). The van der Waals surface area contributed by atoms with Crippen LogP contribution in [0.4, 0.5) is 0 Å². The van der Waals surface area contributed by atoms with Gasteiger partial charge in [-0.05, 0) is 20.7 Å². The first-order chi connectivity index (χ1) is 17.1. The fraction of sp³-hybridized carbons (Fsp3) is 0.0769. The molecule has 4 aromatic rings. The van der Waals surface area contributed by atoms with Crippen LogP contribution in [0.2, 0.25) is 0 Å². The van der Waals surface area contributed by atoms with Crippen molar-refractivity contribution in [2.45, 2.75) is 0 Å². The molecule has 0 aromatic heterocycles. The van der Waals surface area contributed by atoms with Crippen molar-refractivity contribution in [1.29, 1.82) is 0 Å². The maximum atomic E-state index is 13.1. The highest BCUT2D eigenvalue weighted by Crippen LogP contribution is 2.27. The lowest BCUT2D eigenvalue weighted by Gasteiger charge is -2.45. The zero-order valence-electron chi connectivity index (χ0n) is 19.8. The summed E-state index contributed by atoms with van der Waals surface area (Å²) in [5, 5.41) is 2.35. The van der Waals surface area contributed by atoms with Crippen molar-refractivity contribution in [3.05, 3.63) is 121 Å². The first kappa shape index (κ1) is 26.2. The smallest absolute Gasteiger partial charge is 0.304 e. The fourth-order valence-electron chi connectivity index (χ4n) is 4.60. The zero-order valence-corrected chi connectivity index (χ0v) is 23.4. The summed E-state index contributed by atoms with van der Waals surface area (Å²) in [7, 11) is -16.4. The topological polar surface area (TPSA) is 86.7 Å². The minimum Gasteiger partial charge on any atom is -0.304 e. The minimum absolute atomic E-state index is 0.588. The Kier molecular flexibility index (Phi) is 7.46. The molecule has 0 spiro atoms. The summed E-state index contributed by atoms with van der Waals surface area (Å²) < 4.78 is 65.0. The molecule has 36 heavy (non-hydrogen) atoms. The van der Waals surface area contributed by atoms with Crippen LogP contribution in [0.3, 0.4) is 0 Å². The summed E-state index contributed by atoms with van der Waals surface area (Å²) in [6.07, 6.45) is 1.99. The van der Waals surface area contributed by atoms with Crippen LogP contribution in [0.5, 0.6) is 0 Å². The van der Waals surface area contributed by atoms with E-state index in [1.165, 1.54) is 0 Å². The van der Waals surface area contributed by atoms with Crippen LogP contribution in [0.25, 0.3) is 0 Å². The van der Waals surface area contributed by atoms with Crippen LogP contribution in [0.15, 0.2) is 121 Å². The molecule has 0 aliphatic heterocycles. The van der Waals surface area contributed by atoms with Crippen molar-refractivity contribution in [3.63, 3.8) is 0 Å². The highest BCUT2D eigenvalue weighted by atomic mass is 32.2. The number of hydrogen-bond donors (Lipinski definition) is 0. The van der Waals surface area contributed by atoms with E-state index < -0.39 is 35.9 Å². The second-order valence-corrected chi connectivity index (χ2v) is 21.8. The van der Waals surface area contributed by atoms with Crippen LogP contribution in [0.1, 0.15) is 0 Å². The molecule has 6 nitrogen and oxygen atoms in total. The molecular weight excluding hydrogens is 529 g/mol. The second kappa shape index (κ2) is 10.2. The molecule has 0 amide bonds. The van der Waals surface area contributed by atoms with Crippen LogP contribution in [-0.4, -0.2) is 45.0 Å². The van der Waals surface area contributed by atoms with Crippen LogP contribution in [-0.2, 0) is 28.0 Å². The first-order valence-corrected chi connectivity index (χ1v) is 19.6. The van der Waals surface area contributed by atoms with Gasteiger partial charge in [0.05, 0.1) is 12.5 Å². The van der Waals surface area contributed by atoms with Crippen molar-refractivity contribution >= 4 is 56.7 Å². The summed E-state index contributed by atoms with van der Waals surface area (Å²) >= 11 is 0. The molecule has 0 bridgehead atoms. The SMILES string of the molecule is CS(=O)(=O)O[Si](c1ccccc1)(c1ccccc1)[Si](OS(C)(=O)=O)(c1ccccc1)c1ccccc1. The highest BCUT2D eigenvalue weighted by molar-refractivity contribution is 7.90. The van der Waals surface area contributed by atoms with Gasteiger partial charge in [-0.25, -0.2) is 16.8 Å². The summed E-state index contributed by atoms with van der Waals surface area (Å²) in [5.74, 6) is 0. The number of rotatable bonds is 9. The minimum atomic E-state index is -4.11. The molecule has 0 aliphatic rings. The van der Waals surface area contributed by atoms with E-state index in [0.717, 1.165) is 12.5 Å². The summed E-state index contributed by atoms with van der Waals surface area (Å²) in [6, 6.07) is 36.0. The Morgan fingerprint density at radius 2 is 0.611 bits per heavy atom. The summed E-state index contributed by atoms with van der Waals surface area (Å²) in [5.41, 5.74) is 0. The van der Waals surface area contributed by atoms with E-state index in [2.05, 4.69) is 0 Å². The molecule has 0 N–H and O–H groups in total. The van der Waals surface area contributed by atoms with E-state index >= 15 is 0 Å². The third kappa shape index (κ3) is 5.14. The maximum Gasteiger partial charge on any atom is 0.307 e. The van der Waals surface area contributed by atoms with Crippen molar-refractivity contribution in [1.82, 2.24) is 0 Å². The monoisotopic (exact) mass is 554 g/mol. The van der Waals surface area contributed by atoms with Crippen molar-refractivity contribution in [3.8, 4) is 0 Å². The van der Waals surface area contributed by atoms with Crippen molar-refractivity contribution in [2.24, 2.45) is 0 Å². The Morgan fingerprint density at radius 1 is 0.417 bits per heavy atom. The Bertz CT molecular complexity index is 1320. The van der Waals surface area contributed by atoms with Gasteiger partial charge in [0.2, 0.25) is 0 Å². The normalized spacial score (nSPS) is 12.8. The molecular formula is C26H26O6S2Si2. The first-order valence-electron chi connectivity index (χ1n) is 11.1. The molecule has 0 heterocycles. The summed E-state index contributed by atoms with van der Waals surface area (Å²) in [6.45, 7) is 0. The Hall–Kier alpha value is -2.87. The van der Waals surface area contributed by atoms with Gasteiger partial charge in [0.1, 0.15) is 0 Å². The van der Waals surface area contributed by atoms with E-state index in [9.17, 15) is 16.8 Å². The molecule has 4 aromatic carbocycles. The molecule has 0 atom stereocenters. The van der Waals surface area contributed by atoms with Gasteiger partial charge in [-0.1, -0.05) is 121 Å². The van der Waals surface area contributed by atoms with Crippen molar-refractivity contribution in [2.75, 3.05) is 12.5 Å². The lowest BCUT2D eigenvalue weighted by molar-refractivity contribution is 0.482. The van der Waals surface area contributed by atoms with Gasteiger partial charge in [0, 0.05) is 0 Å². The van der Waals surface area contributed by atoms with Crippen LogP contribution < -0.4 is 20.7 Å². The third-order valence-electron chi connectivity index (χ3n) is 5.77. The average Bonchev–Trinajstić information content (AvgIpc) is 2.87. The Balaban J connectivity index is 2.33. The van der Waals surface area contributed by atoms with E-state index in [1.807, 2.05) is 24.3 Å². The van der Waals surface area contributed by atoms with Gasteiger partial charge in [-0.2, -0.15) is 0 Å². The van der Waals surface area contributed by atoms with Gasteiger partial charge in [0.15, 0.2) is 0 Å². The third-order valence-corrected chi connectivity index (χ3v) is 23.7. The van der Waals surface area contributed by atoms with Crippen LogP contribution >= 0.6 is 0 Å². The molecule has 0 fully saturated rings. The molecule has 0 aliphatic carbocycles. The van der Waals surface area contributed by atoms with Gasteiger partial charge in [-0.15, -0.1) is 0 Å². The second-order valence-electron chi connectivity index (χ2n) is 8.40. The average molecular weight is 555 g/mol. The number of benzene rings is 4. The van der Waals surface area contributed by atoms with E-state index in [0.29, 0.717) is 20.7 Å². The molecule has 186 valence electrons.